The van der Waals surface area contributed by atoms with Crippen molar-refractivity contribution in [1.82, 2.24) is 0 Å². The van der Waals surface area contributed by atoms with Crippen LogP contribution in [-0.4, -0.2) is 11.0 Å². The van der Waals surface area contributed by atoms with E-state index in [0.717, 1.165) is 5.56 Å². The monoisotopic (exact) mass is 203 g/mol. The molecule has 0 spiro atoms. The summed E-state index contributed by atoms with van der Waals surface area (Å²) in [7, 11) is 0. The van der Waals surface area contributed by atoms with Gasteiger partial charge in [-0.1, -0.05) is 0 Å². The second kappa shape index (κ2) is 5.06. The first-order chi connectivity index (χ1) is 7.13. The molecule has 2 N–H and O–H groups in total. The number of amides is 1. The molecule has 1 rings (SSSR count). The Hall–Kier alpha value is -1.95. The minimum absolute atomic E-state index is 0.113. The highest BCUT2D eigenvalue weighted by Crippen LogP contribution is 2.20. The van der Waals surface area contributed by atoms with Crippen molar-refractivity contribution in [2.75, 3.05) is 5.32 Å². The molecular formula is C12H13NO2. The number of carbonyl (C=O) groups excluding carboxylic acids is 1. The molecule has 3 nitrogen and oxygen atoms in total. The number of nitrogens with one attached hydrogen (secondary N) is 1. The van der Waals surface area contributed by atoms with Crippen molar-refractivity contribution >= 4 is 11.6 Å². The molecule has 0 saturated heterocycles. The van der Waals surface area contributed by atoms with E-state index in [4.69, 9.17) is 6.42 Å². The van der Waals surface area contributed by atoms with Gasteiger partial charge in [-0.05, 0) is 30.7 Å². The summed E-state index contributed by atoms with van der Waals surface area (Å²) in [6.07, 6.45) is 5.80. The highest BCUT2D eigenvalue weighted by Gasteiger charge is 2.02. The van der Waals surface area contributed by atoms with Gasteiger partial charge in [-0.2, -0.15) is 0 Å². The molecule has 3 heteroatoms. The van der Waals surface area contributed by atoms with Gasteiger partial charge in [0.1, 0.15) is 5.75 Å². The molecule has 15 heavy (non-hydrogen) atoms. The summed E-state index contributed by atoms with van der Waals surface area (Å²) in [6, 6.07) is 4.91. The molecule has 1 aromatic rings. The number of carbonyl (C=O) groups is 1. The Morgan fingerprint density at radius 1 is 1.60 bits per heavy atom. The van der Waals surface area contributed by atoms with Gasteiger partial charge in [-0.15, -0.1) is 12.3 Å². The van der Waals surface area contributed by atoms with Gasteiger partial charge in [0, 0.05) is 18.5 Å². The smallest absolute Gasteiger partial charge is 0.225 e. The predicted octanol–water partition coefficient (Wildman–Crippen LogP) is 2.05. The van der Waals surface area contributed by atoms with Crippen LogP contribution < -0.4 is 5.32 Å². The Morgan fingerprint density at radius 3 is 2.93 bits per heavy atom. The van der Waals surface area contributed by atoms with E-state index in [1.54, 1.807) is 25.1 Å². The lowest BCUT2D eigenvalue weighted by atomic mass is 10.2. The molecule has 0 bridgehead atoms. The summed E-state index contributed by atoms with van der Waals surface area (Å²) < 4.78 is 0. The standard InChI is InChI=1S/C12H13NO2/c1-3-4-5-12(15)13-10-6-7-11(14)9(2)8-10/h1,6-8,14H,4-5H2,2H3,(H,13,15). The van der Waals surface area contributed by atoms with E-state index in [1.807, 2.05) is 0 Å². The van der Waals surface area contributed by atoms with Crippen LogP contribution in [0.1, 0.15) is 18.4 Å². The Bertz CT molecular complexity index is 405. The minimum Gasteiger partial charge on any atom is -0.508 e. The molecule has 0 aromatic heterocycles. The van der Waals surface area contributed by atoms with Crippen LogP contribution in [0.25, 0.3) is 0 Å². The van der Waals surface area contributed by atoms with Crippen molar-refractivity contribution in [2.24, 2.45) is 0 Å². The number of hydrogen-bond acceptors (Lipinski definition) is 2. The van der Waals surface area contributed by atoms with Gasteiger partial charge in [0.15, 0.2) is 0 Å². The molecular weight excluding hydrogens is 190 g/mol. The van der Waals surface area contributed by atoms with Crippen LogP contribution >= 0.6 is 0 Å². The van der Waals surface area contributed by atoms with Gasteiger partial charge in [-0.3, -0.25) is 4.79 Å². The normalized spacial score (nSPS) is 9.33. The highest BCUT2D eigenvalue weighted by molar-refractivity contribution is 5.91. The third-order valence-electron chi connectivity index (χ3n) is 1.98. The zero-order chi connectivity index (χ0) is 11.3. The van der Waals surface area contributed by atoms with Crippen molar-refractivity contribution in [3.05, 3.63) is 23.8 Å². The van der Waals surface area contributed by atoms with E-state index >= 15 is 0 Å². The van der Waals surface area contributed by atoms with Crippen LogP contribution in [0, 0.1) is 19.3 Å². The second-order valence-corrected chi connectivity index (χ2v) is 3.25. The summed E-state index contributed by atoms with van der Waals surface area (Å²) in [6.45, 7) is 1.77. The van der Waals surface area contributed by atoms with Gasteiger partial charge in [0.2, 0.25) is 5.91 Å². The van der Waals surface area contributed by atoms with Gasteiger partial charge in [0.05, 0.1) is 0 Å². The SMILES string of the molecule is C#CCCC(=O)Nc1ccc(O)c(C)c1. The molecule has 0 saturated carbocycles. The van der Waals surface area contributed by atoms with E-state index in [2.05, 4.69) is 11.2 Å². The van der Waals surface area contributed by atoms with E-state index in [0.29, 0.717) is 18.5 Å². The fourth-order valence-electron chi connectivity index (χ4n) is 1.14. The zero-order valence-electron chi connectivity index (χ0n) is 8.58. The number of aryl methyl sites for hydroxylation is 1. The molecule has 1 aromatic carbocycles. The zero-order valence-corrected chi connectivity index (χ0v) is 8.58. The largest absolute Gasteiger partial charge is 0.508 e. The maximum atomic E-state index is 11.3. The molecule has 0 aliphatic carbocycles. The van der Waals surface area contributed by atoms with E-state index in [1.165, 1.54) is 0 Å². The van der Waals surface area contributed by atoms with Crippen molar-refractivity contribution < 1.29 is 9.90 Å². The van der Waals surface area contributed by atoms with E-state index in [9.17, 15) is 9.90 Å². The van der Waals surface area contributed by atoms with Gasteiger partial charge < -0.3 is 10.4 Å². The lowest BCUT2D eigenvalue weighted by molar-refractivity contribution is -0.116. The van der Waals surface area contributed by atoms with Crippen LogP contribution in [-0.2, 0) is 4.79 Å². The molecule has 0 aliphatic rings. The summed E-state index contributed by atoms with van der Waals surface area (Å²) in [5.41, 5.74) is 1.40. The highest BCUT2D eigenvalue weighted by atomic mass is 16.3. The molecule has 0 aliphatic heterocycles. The lowest BCUT2D eigenvalue weighted by Gasteiger charge is -2.05. The predicted molar refractivity (Wildman–Crippen MR) is 59.5 cm³/mol. The van der Waals surface area contributed by atoms with Crippen LogP contribution in [0.4, 0.5) is 5.69 Å². The molecule has 78 valence electrons. The molecule has 0 heterocycles. The van der Waals surface area contributed by atoms with E-state index < -0.39 is 0 Å². The number of rotatable bonds is 3. The average Bonchev–Trinajstić information content (AvgIpc) is 2.20. The van der Waals surface area contributed by atoms with Crippen LogP contribution in [0.2, 0.25) is 0 Å². The summed E-state index contributed by atoms with van der Waals surface area (Å²) in [4.78, 5) is 11.3. The first kappa shape index (κ1) is 11.1. The van der Waals surface area contributed by atoms with Crippen molar-refractivity contribution in [3.63, 3.8) is 0 Å². The molecule has 0 unspecified atom stereocenters. The lowest BCUT2D eigenvalue weighted by Crippen LogP contribution is -2.10. The third kappa shape index (κ3) is 3.35. The van der Waals surface area contributed by atoms with Gasteiger partial charge >= 0.3 is 0 Å². The minimum atomic E-state index is -0.113. The quantitative estimate of drug-likeness (QED) is 0.583. The van der Waals surface area contributed by atoms with Crippen molar-refractivity contribution in [1.29, 1.82) is 0 Å². The number of hydrogen-bond donors (Lipinski definition) is 2. The molecule has 0 atom stereocenters. The number of anilines is 1. The number of phenols is 1. The fraction of sp³-hybridized carbons (Fsp3) is 0.250. The first-order valence-corrected chi connectivity index (χ1v) is 4.66. The Kier molecular flexibility index (Phi) is 3.75. The van der Waals surface area contributed by atoms with Gasteiger partial charge in [-0.25, -0.2) is 0 Å². The Balaban J connectivity index is 2.62. The molecule has 0 fully saturated rings. The van der Waals surface area contributed by atoms with Crippen LogP contribution in [0.15, 0.2) is 18.2 Å². The second-order valence-electron chi connectivity index (χ2n) is 3.25. The van der Waals surface area contributed by atoms with Crippen LogP contribution in [0.5, 0.6) is 5.75 Å². The number of aromatic hydroxyl groups is 1. The Morgan fingerprint density at radius 2 is 2.33 bits per heavy atom. The summed E-state index contributed by atoms with van der Waals surface area (Å²) >= 11 is 0. The maximum absolute atomic E-state index is 11.3. The number of phenolic OH excluding ortho intramolecular Hbond substituents is 1. The molecule has 1 amide bonds. The molecule has 0 radical (unpaired) electrons. The maximum Gasteiger partial charge on any atom is 0.225 e. The van der Waals surface area contributed by atoms with Crippen molar-refractivity contribution in [2.45, 2.75) is 19.8 Å². The average molecular weight is 203 g/mol. The van der Waals surface area contributed by atoms with Crippen molar-refractivity contribution in [3.8, 4) is 18.1 Å². The number of terminal acetylenes is 1. The summed E-state index contributed by atoms with van der Waals surface area (Å²) in [5.74, 6) is 2.51. The number of benzene rings is 1. The first-order valence-electron chi connectivity index (χ1n) is 4.66. The fourth-order valence-corrected chi connectivity index (χ4v) is 1.14. The van der Waals surface area contributed by atoms with E-state index in [-0.39, 0.29) is 11.7 Å². The van der Waals surface area contributed by atoms with Gasteiger partial charge in [0.25, 0.3) is 0 Å². The Labute approximate surface area is 89.1 Å². The third-order valence-corrected chi connectivity index (χ3v) is 1.98. The summed E-state index contributed by atoms with van der Waals surface area (Å²) in [5, 5.41) is 12.0. The van der Waals surface area contributed by atoms with Crippen LogP contribution in [0.3, 0.4) is 0 Å². The topological polar surface area (TPSA) is 49.3 Å².